The van der Waals surface area contributed by atoms with E-state index in [9.17, 15) is 9.90 Å². The summed E-state index contributed by atoms with van der Waals surface area (Å²) >= 11 is 0. The van der Waals surface area contributed by atoms with Crippen molar-refractivity contribution in [2.24, 2.45) is 0 Å². The molecule has 17 heavy (non-hydrogen) atoms. The van der Waals surface area contributed by atoms with Crippen LogP contribution in [0.5, 0.6) is 5.75 Å². The number of ketones is 1. The zero-order valence-corrected chi connectivity index (χ0v) is 9.69. The largest absolute Gasteiger partial charge is 0.508 e. The molecule has 2 rings (SSSR count). The first-order chi connectivity index (χ1) is 8.24. The Hall–Kier alpha value is -1.39. The fourth-order valence-corrected chi connectivity index (χ4v) is 1.97. The van der Waals surface area contributed by atoms with E-state index in [1.165, 1.54) is 0 Å². The Morgan fingerprint density at radius 3 is 3.12 bits per heavy atom. The van der Waals surface area contributed by atoms with E-state index >= 15 is 0 Å². The van der Waals surface area contributed by atoms with Gasteiger partial charge in [0.15, 0.2) is 0 Å². The van der Waals surface area contributed by atoms with Crippen LogP contribution in [-0.4, -0.2) is 36.7 Å². The molecular weight excluding hydrogens is 218 g/mol. The van der Waals surface area contributed by atoms with E-state index in [0.717, 1.165) is 18.7 Å². The van der Waals surface area contributed by atoms with Crippen molar-refractivity contribution in [3.05, 3.63) is 29.8 Å². The first-order valence-corrected chi connectivity index (χ1v) is 5.86. The van der Waals surface area contributed by atoms with Crippen molar-refractivity contribution < 1.29 is 14.6 Å². The molecule has 0 radical (unpaired) electrons. The highest BCUT2D eigenvalue weighted by molar-refractivity contribution is 5.81. The topological polar surface area (TPSA) is 58.6 Å². The molecule has 1 fully saturated rings. The van der Waals surface area contributed by atoms with Gasteiger partial charge in [0.25, 0.3) is 0 Å². The Kier molecular flexibility index (Phi) is 4.12. The molecule has 1 heterocycles. The van der Waals surface area contributed by atoms with Crippen molar-refractivity contribution >= 4 is 5.78 Å². The van der Waals surface area contributed by atoms with Crippen molar-refractivity contribution in [2.75, 3.05) is 19.7 Å². The molecule has 0 aliphatic carbocycles. The van der Waals surface area contributed by atoms with Crippen LogP contribution in [0.1, 0.15) is 12.0 Å². The minimum atomic E-state index is -0.00596. The van der Waals surface area contributed by atoms with Gasteiger partial charge in [0.1, 0.15) is 11.5 Å². The lowest BCUT2D eigenvalue weighted by atomic mass is 10.0. The minimum Gasteiger partial charge on any atom is -0.508 e. The second-order valence-corrected chi connectivity index (χ2v) is 4.29. The lowest BCUT2D eigenvalue weighted by Crippen LogP contribution is -2.39. The fourth-order valence-electron chi connectivity index (χ4n) is 1.97. The predicted octanol–water partition coefficient (Wildman–Crippen LogP) is 0.882. The smallest absolute Gasteiger partial charge is 0.139 e. The summed E-state index contributed by atoms with van der Waals surface area (Å²) in [6.45, 7) is 2.27. The van der Waals surface area contributed by atoms with Gasteiger partial charge in [-0.3, -0.25) is 4.79 Å². The van der Waals surface area contributed by atoms with Crippen LogP contribution in [0.15, 0.2) is 24.3 Å². The fraction of sp³-hybridized carbons (Fsp3) is 0.462. The summed E-state index contributed by atoms with van der Waals surface area (Å²) in [6.07, 6.45) is 0.783. The Morgan fingerprint density at radius 2 is 2.41 bits per heavy atom. The van der Waals surface area contributed by atoms with Gasteiger partial charge in [0, 0.05) is 25.9 Å². The average molecular weight is 235 g/mol. The van der Waals surface area contributed by atoms with Crippen LogP contribution in [-0.2, 0) is 16.0 Å². The second kappa shape index (κ2) is 5.80. The molecule has 1 atom stereocenters. The third kappa shape index (κ3) is 3.84. The highest BCUT2D eigenvalue weighted by Gasteiger charge is 2.17. The number of hydrogen-bond acceptors (Lipinski definition) is 4. The van der Waals surface area contributed by atoms with Gasteiger partial charge in [0.05, 0.1) is 12.7 Å². The Labute approximate surface area is 101 Å². The van der Waals surface area contributed by atoms with Crippen LogP contribution in [0, 0.1) is 0 Å². The molecule has 0 amide bonds. The maximum atomic E-state index is 11.8. The number of morpholine rings is 1. The van der Waals surface area contributed by atoms with E-state index in [0.29, 0.717) is 19.4 Å². The van der Waals surface area contributed by atoms with Crippen LogP contribution < -0.4 is 5.32 Å². The monoisotopic (exact) mass is 235 g/mol. The predicted molar refractivity (Wildman–Crippen MR) is 64.0 cm³/mol. The van der Waals surface area contributed by atoms with Gasteiger partial charge in [-0.1, -0.05) is 12.1 Å². The number of nitrogens with one attached hydrogen (secondary N) is 1. The lowest BCUT2D eigenvalue weighted by molar-refractivity contribution is -0.121. The summed E-state index contributed by atoms with van der Waals surface area (Å²) in [5.74, 6) is 0.343. The first kappa shape index (κ1) is 12.1. The number of rotatable bonds is 4. The Morgan fingerprint density at radius 1 is 1.53 bits per heavy atom. The number of benzene rings is 1. The van der Waals surface area contributed by atoms with Gasteiger partial charge >= 0.3 is 0 Å². The number of ether oxygens (including phenoxy) is 1. The number of carbonyl (C=O) groups excluding carboxylic acids is 1. The maximum Gasteiger partial charge on any atom is 0.139 e. The standard InChI is InChI=1S/C13H17NO3/c15-11-3-1-2-10(6-11)7-12(16)8-13-9-14-4-5-17-13/h1-3,6,13-15H,4-5,7-9H2. The molecule has 0 bridgehead atoms. The van der Waals surface area contributed by atoms with Crippen molar-refractivity contribution in [1.29, 1.82) is 0 Å². The lowest BCUT2D eigenvalue weighted by Gasteiger charge is -2.22. The number of aromatic hydroxyl groups is 1. The van der Waals surface area contributed by atoms with Crippen LogP contribution in [0.2, 0.25) is 0 Å². The molecule has 92 valence electrons. The van der Waals surface area contributed by atoms with Crippen LogP contribution in [0.25, 0.3) is 0 Å². The molecule has 2 N–H and O–H groups in total. The van der Waals surface area contributed by atoms with E-state index < -0.39 is 0 Å². The minimum absolute atomic E-state index is 0.00596. The molecule has 0 aromatic heterocycles. The van der Waals surface area contributed by atoms with Crippen molar-refractivity contribution in [2.45, 2.75) is 18.9 Å². The molecule has 1 unspecified atom stereocenters. The van der Waals surface area contributed by atoms with Crippen LogP contribution in [0.4, 0.5) is 0 Å². The highest BCUT2D eigenvalue weighted by Crippen LogP contribution is 2.13. The summed E-state index contributed by atoms with van der Waals surface area (Å²) in [5.41, 5.74) is 0.846. The summed E-state index contributed by atoms with van der Waals surface area (Å²) in [7, 11) is 0. The molecule has 1 aromatic rings. The van der Waals surface area contributed by atoms with Gasteiger partial charge in [-0.15, -0.1) is 0 Å². The number of Topliss-reactive ketones (excluding diaryl/α,β-unsaturated/α-hetero) is 1. The Balaban J connectivity index is 1.84. The third-order valence-electron chi connectivity index (χ3n) is 2.77. The molecule has 1 aliphatic rings. The third-order valence-corrected chi connectivity index (χ3v) is 2.77. The first-order valence-electron chi connectivity index (χ1n) is 5.86. The van der Waals surface area contributed by atoms with Crippen molar-refractivity contribution in [3.8, 4) is 5.75 Å². The summed E-state index contributed by atoms with van der Waals surface area (Å²) < 4.78 is 5.48. The summed E-state index contributed by atoms with van der Waals surface area (Å²) in [4.78, 5) is 11.8. The van der Waals surface area contributed by atoms with Gasteiger partial charge in [0.2, 0.25) is 0 Å². The summed E-state index contributed by atoms with van der Waals surface area (Å²) in [6, 6.07) is 6.81. The van der Waals surface area contributed by atoms with Crippen molar-refractivity contribution in [1.82, 2.24) is 5.32 Å². The van der Waals surface area contributed by atoms with E-state index in [4.69, 9.17) is 4.74 Å². The Bertz CT molecular complexity index is 386. The molecule has 1 saturated heterocycles. The SMILES string of the molecule is O=C(Cc1cccc(O)c1)CC1CNCCO1. The second-order valence-electron chi connectivity index (χ2n) is 4.29. The van der Waals surface area contributed by atoms with Crippen LogP contribution in [0.3, 0.4) is 0 Å². The van der Waals surface area contributed by atoms with Gasteiger partial charge in [-0.2, -0.15) is 0 Å². The quantitative estimate of drug-likeness (QED) is 0.813. The number of phenols is 1. The van der Waals surface area contributed by atoms with E-state index in [1.54, 1.807) is 18.2 Å². The van der Waals surface area contributed by atoms with Gasteiger partial charge in [-0.25, -0.2) is 0 Å². The maximum absolute atomic E-state index is 11.8. The molecule has 4 nitrogen and oxygen atoms in total. The molecule has 1 aliphatic heterocycles. The van der Waals surface area contributed by atoms with Crippen molar-refractivity contribution in [3.63, 3.8) is 0 Å². The molecule has 0 saturated carbocycles. The number of carbonyl (C=O) groups is 1. The van der Waals surface area contributed by atoms with Gasteiger partial charge in [-0.05, 0) is 17.7 Å². The van der Waals surface area contributed by atoms with Crippen LogP contribution >= 0.6 is 0 Å². The normalized spacial score (nSPS) is 20.1. The van der Waals surface area contributed by atoms with Gasteiger partial charge < -0.3 is 15.2 Å². The van der Waals surface area contributed by atoms with E-state index in [2.05, 4.69) is 5.32 Å². The number of phenolic OH excluding ortho intramolecular Hbond substituents is 1. The average Bonchev–Trinajstić information content (AvgIpc) is 2.30. The van der Waals surface area contributed by atoms with E-state index in [-0.39, 0.29) is 17.6 Å². The molecule has 0 spiro atoms. The number of hydrogen-bond donors (Lipinski definition) is 2. The summed E-state index contributed by atoms with van der Waals surface area (Å²) in [5, 5.41) is 12.5. The molecule has 1 aromatic carbocycles. The zero-order chi connectivity index (χ0) is 12.1. The molecular formula is C13H17NO3. The zero-order valence-electron chi connectivity index (χ0n) is 9.69. The van der Waals surface area contributed by atoms with E-state index in [1.807, 2.05) is 6.07 Å². The highest BCUT2D eigenvalue weighted by atomic mass is 16.5. The molecule has 4 heteroatoms.